The molecule has 0 saturated carbocycles. The van der Waals surface area contributed by atoms with Gasteiger partial charge < -0.3 is 9.51 Å². The lowest BCUT2D eigenvalue weighted by Crippen LogP contribution is -1.83. The van der Waals surface area contributed by atoms with Gasteiger partial charge in [-0.05, 0) is 25.5 Å². The van der Waals surface area contributed by atoms with E-state index in [1.807, 2.05) is 26.0 Å². The molecule has 0 atom stereocenters. The predicted octanol–water partition coefficient (Wildman–Crippen LogP) is 3.25. The van der Waals surface area contributed by atoms with Gasteiger partial charge in [0.1, 0.15) is 0 Å². The molecule has 1 aromatic carbocycles. The molecule has 2 aromatic heterocycles. The molecule has 0 amide bonds. The van der Waals surface area contributed by atoms with E-state index in [0.29, 0.717) is 11.3 Å². The normalized spacial score (nSPS) is 11.0. The molecule has 90 valence electrons. The lowest BCUT2D eigenvalue weighted by Gasteiger charge is -1.97. The monoisotopic (exact) mass is 240 g/mol. The molecule has 0 fully saturated rings. The molecule has 0 aliphatic carbocycles. The van der Waals surface area contributed by atoms with Crippen LogP contribution in [0, 0.1) is 13.8 Å². The Hall–Kier alpha value is -2.36. The van der Waals surface area contributed by atoms with Gasteiger partial charge in [0, 0.05) is 22.2 Å². The van der Waals surface area contributed by atoms with Crippen molar-refractivity contribution in [2.45, 2.75) is 13.8 Å². The maximum atomic E-state index is 11.0. The topological polar surface area (TPSA) is 58.9 Å². The fourth-order valence-electron chi connectivity index (χ4n) is 2.26. The van der Waals surface area contributed by atoms with Crippen LogP contribution in [0.1, 0.15) is 21.6 Å². The number of nitrogens with one attached hydrogen (secondary N) is 1. The molecule has 0 aliphatic rings. The molecule has 4 nitrogen and oxygen atoms in total. The highest BCUT2D eigenvalue weighted by Crippen LogP contribution is 2.33. The van der Waals surface area contributed by atoms with E-state index in [-0.39, 0.29) is 0 Å². The van der Waals surface area contributed by atoms with Gasteiger partial charge >= 0.3 is 0 Å². The zero-order valence-corrected chi connectivity index (χ0v) is 10.2. The first-order valence-corrected chi connectivity index (χ1v) is 5.70. The molecule has 0 saturated heterocycles. The number of carbonyl (C=O) groups excluding carboxylic acids is 1. The van der Waals surface area contributed by atoms with Crippen molar-refractivity contribution in [1.82, 2.24) is 10.1 Å². The standard InChI is InChI=1S/C14H12N2O2/c1-8-3-4-11-12(5-8)16-9(2)13(11)14-10(7-17)6-15-18-14/h3-7,16H,1-2H3. The zero-order chi connectivity index (χ0) is 12.7. The number of H-pyrrole nitrogens is 1. The van der Waals surface area contributed by atoms with E-state index in [4.69, 9.17) is 4.52 Å². The molecule has 1 N–H and O–H groups in total. The van der Waals surface area contributed by atoms with Crippen molar-refractivity contribution in [3.8, 4) is 11.3 Å². The number of hydrogen-bond donors (Lipinski definition) is 1. The number of aryl methyl sites for hydroxylation is 2. The van der Waals surface area contributed by atoms with Gasteiger partial charge in [0.25, 0.3) is 0 Å². The minimum Gasteiger partial charge on any atom is -0.358 e. The average Bonchev–Trinajstić information content (AvgIpc) is 2.90. The van der Waals surface area contributed by atoms with Crippen molar-refractivity contribution < 1.29 is 9.32 Å². The van der Waals surface area contributed by atoms with Crippen molar-refractivity contribution in [2.24, 2.45) is 0 Å². The van der Waals surface area contributed by atoms with Gasteiger partial charge in [-0.2, -0.15) is 0 Å². The highest BCUT2D eigenvalue weighted by atomic mass is 16.5. The van der Waals surface area contributed by atoms with E-state index in [1.54, 1.807) is 0 Å². The number of fused-ring (bicyclic) bond motifs is 1. The Labute approximate surface area is 104 Å². The summed E-state index contributed by atoms with van der Waals surface area (Å²) in [6.45, 7) is 4.00. The van der Waals surface area contributed by atoms with E-state index < -0.39 is 0 Å². The third-order valence-electron chi connectivity index (χ3n) is 3.09. The summed E-state index contributed by atoms with van der Waals surface area (Å²) in [5.74, 6) is 0.526. The van der Waals surface area contributed by atoms with Crippen molar-refractivity contribution in [1.29, 1.82) is 0 Å². The summed E-state index contributed by atoms with van der Waals surface area (Å²) in [5.41, 5.74) is 4.57. The predicted molar refractivity (Wildman–Crippen MR) is 68.7 cm³/mol. The van der Waals surface area contributed by atoms with E-state index in [1.165, 1.54) is 11.8 Å². The number of aromatic nitrogens is 2. The van der Waals surface area contributed by atoms with Crippen molar-refractivity contribution in [3.63, 3.8) is 0 Å². The fourth-order valence-corrected chi connectivity index (χ4v) is 2.26. The average molecular weight is 240 g/mol. The van der Waals surface area contributed by atoms with Crippen LogP contribution in [-0.2, 0) is 0 Å². The third-order valence-corrected chi connectivity index (χ3v) is 3.09. The second-order valence-electron chi connectivity index (χ2n) is 4.40. The number of aldehydes is 1. The van der Waals surface area contributed by atoms with Crippen LogP contribution in [0.3, 0.4) is 0 Å². The van der Waals surface area contributed by atoms with Crippen molar-refractivity contribution in [2.75, 3.05) is 0 Å². The summed E-state index contributed by atoms with van der Waals surface area (Å²) in [6, 6.07) is 6.14. The van der Waals surface area contributed by atoms with Crippen LogP contribution >= 0.6 is 0 Å². The summed E-state index contributed by atoms with van der Waals surface area (Å²) in [7, 11) is 0. The van der Waals surface area contributed by atoms with Gasteiger partial charge in [0.15, 0.2) is 12.0 Å². The molecule has 18 heavy (non-hydrogen) atoms. The molecule has 3 rings (SSSR count). The Morgan fingerprint density at radius 3 is 2.94 bits per heavy atom. The smallest absolute Gasteiger partial charge is 0.179 e. The summed E-state index contributed by atoms with van der Waals surface area (Å²) >= 11 is 0. The zero-order valence-electron chi connectivity index (χ0n) is 10.2. The van der Waals surface area contributed by atoms with Gasteiger partial charge in [0.2, 0.25) is 0 Å². The number of aromatic amines is 1. The van der Waals surface area contributed by atoms with Gasteiger partial charge in [-0.1, -0.05) is 17.3 Å². The molecule has 0 spiro atoms. The van der Waals surface area contributed by atoms with Crippen LogP contribution in [0.15, 0.2) is 28.9 Å². The first-order chi connectivity index (χ1) is 8.70. The molecular weight excluding hydrogens is 228 g/mol. The Bertz CT molecular complexity index is 737. The SMILES string of the molecule is Cc1ccc2c(-c3oncc3C=O)c(C)[nH]c2c1. The van der Waals surface area contributed by atoms with Gasteiger partial charge in [0.05, 0.1) is 11.8 Å². The van der Waals surface area contributed by atoms with Gasteiger partial charge in [-0.25, -0.2) is 0 Å². The maximum Gasteiger partial charge on any atom is 0.179 e. The third kappa shape index (κ3) is 1.46. The lowest BCUT2D eigenvalue weighted by atomic mass is 10.0. The highest BCUT2D eigenvalue weighted by molar-refractivity contribution is 5.99. The molecule has 0 bridgehead atoms. The minimum atomic E-state index is 0.472. The molecule has 4 heteroatoms. The number of carbonyl (C=O) groups is 1. The van der Waals surface area contributed by atoms with Crippen LogP contribution in [0.25, 0.3) is 22.2 Å². The lowest BCUT2D eigenvalue weighted by molar-refractivity contribution is 0.112. The summed E-state index contributed by atoms with van der Waals surface area (Å²) < 4.78 is 5.22. The molecule has 0 aliphatic heterocycles. The van der Waals surface area contributed by atoms with E-state index >= 15 is 0 Å². The maximum absolute atomic E-state index is 11.0. The van der Waals surface area contributed by atoms with Crippen LogP contribution in [0.5, 0.6) is 0 Å². The Balaban J connectivity index is 2.35. The molecule has 3 aromatic rings. The van der Waals surface area contributed by atoms with Crippen LogP contribution in [0.2, 0.25) is 0 Å². The molecule has 0 radical (unpaired) electrons. The van der Waals surface area contributed by atoms with Crippen molar-refractivity contribution in [3.05, 3.63) is 41.2 Å². The number of nitrogens with zero attached hydrogens (tertiary/aromatic N) is 1. The second-order valence-corrected chi connectivity index (χ2v) is 4.40. The fraction of sp³-hybridized carbons (Fsp3) is 0.143. The highest BCUT2D eigenvalue weighted by Gasteiger charge is 2.17. The Morgan fingerprint density at radius 1 is 1.33 bits per heavy atom. The van der Waals surface area contributed by atoms with Crippen LogP contribution < -0.4 is 0 Å². The molecular formula is C14H12N2O2. The number of rotatable bonds is 2. The summed E-state index contributed by atoms with van der Waals surface area (Å²) in [6.07, 6.45) is 2.20. The molecule has 2 heterocycles. The number of benzene rings is 1. The van der Waals surface area contributed by atoms with E-state index in [9.17, 15) is 4.79 Å². The number of hydrogen-bond acceptors (Lipinski definition) is 3. The first-order valence-electron chi connectivity index (χ1n) is 5.70. The van der Waals surface area contributed by atoms with Crippen LogP contribution in [0.4, 0.5) is 0 Å². The first kappa shape index (κ1) is 10.8. The molecule has 0 unspecified atom stereocenters. The second kappa shape index (κ2) is 3.84. The van der Waals surface area contributed by atoms with Crippen molar-refractivity contribution >= 4 is 17.2 Å². The van der Waals surface area contributed by atoms with E-state index in [0.717, 1.165) is 28.4 Å². The summed E-state index contributed by atoms with van der Waals surface area (Å²) in [4.78, 5) is 14.3. The Kier molecular flexibility index (Phi) is 2.30. The summed E-state index contributed by atoms with van der Waals surface area (Å²) in [5, 5.41) is 4.73. The Morgan fingerprint density at radius 2 is 2.17 bits per heavy atom. The minimum absolute atomic E-state index is 0.472. The van der Waals surface area contributed by atoms with Crippen LogP contribution in [-0.4, -0.2) is 16.4 Å². The quantitative estimate of drug-likeness (QED) is 0.699. The van der Waals surface area contributed by atoms with E-state index in [2.05, 4.69) is 16.2 Å². The van der Waals surface area contributed by atoms with Gasteiger partial charge in [-0.3, -0.25) is 4.79 Å². The largest absolute Gasteiger partial charge is 0.358 e. The van der Waals surface area contributed by atoms with Gasteiger partial charge in [-0.15, -0.1) is 0 Å².